The number of amides is 1. The van der Waals surface area contributed by atoms with Crippen molar-refractivity contribution in [1.29, 1.82) is 0 Å². The molecule has 0 saturated heterocycles. The van der Waals surface area contributed by atoms with Gasteiger partial charge >= 0.3 is 0 Å². The Bertz CT molecular complexity index is 540. The highest BCUT2D eigenvalue weighted by Crippen LogP contribution is 2.18. The van der Waals surface area contributed by atoms with Crippen molar-refractivity contribution in [3.63, 3.8) is 0 Å². The Hall–Kier alpha value is -1.84. The first-order valence-electron chi connectivity index (χ1n) is 6.06. The van der Waals surface area contributed by atoms with E-state index in [4.69, 9.17) is 0 Å². The van der Waals surface area contributed by atoms with Crippen molar-refractivity contribution in [3.05, 3.63) is 36.3 Å². The van der Waals surface area contributed by atoms with E-state index in [1.807, 2.05) is 28.9 Å². The average Bonchev–Trinajstić information content (AvgIpc) is 2.97. The van der Waals surface area contributed by atoms with Crippen LogP contribution < -0.4 is 5.32 Å². The van der Waals surface area contributed by atoms with E-state index < -0.39 is 0 Å². The Labute approximate surface area is 99.7 Å². The standard InChI is InChI=1S/C13H15N3O/c17-13(15-11-3-1-2-4-11)10-5-6-12-14-7-8-16(12)9-10/h5-9,11H,1-4H2,(H,15,17). The molecule has 17 heavy (non-hydrogen) atoms. The molecule has 0 aliphatic heterocycles. The second kappa shape index (κ2) is 4.20. The normalized spacial score (nSPS) is 16.5. The third-order valence-electron chi connectivity index (χ3n) is 3.34. The zero-order valence-corrected chi connectivity index (χ0v) is 9.60. The molecule has 2 aromatic rings. The Balaban J connectivity index is 1.79. The molecule has 1 saturated carbocycles. The number of rotatable bonds is 2. The lowest BCUT2D eigenvalue weighted by Crippen LogP contribution is -2.32. The fraction of sp³-hybridized carbons (Fsp3) is 0.385. The van der Waals surface area contributed by atoms with Gasteiger partial charge in [0.15, 0.2) is 0 Å². The van der Waals surface area contributed by atoms with Crippen LogP contribution >= 0.6 is 0 Å². The van der Waals surface area contributed by atoms with E-state index in [1.54, 1.807) is 6.20 Å². The van der Waals surface area contributed by atoms with Gasteiger partial charge in [-0.2, -0.15) is 0 Å². The summed E-state index contributed by atoms with van der Waals surface area (Å²) < 4.78 is 1.86. The van der Waals surface area contributed by atoms with Gasteiger partial charge in [0.25, 0.3) is 5.91 Å². The summed E-state index contributed by atoms with van der Waals surface area (Å²) in [5.41, 5.74) is 1.56. The second-order valence-corrected chi connectivity index (χ2v) is 4.57. The Morgan fingerprint density at radius 3 is 3.00 bits per heavy atom. The van der Waals surface area contributed by atoms with E-state index in [1.165, 1.54) is 12.8 Å². The lowest BCUT2D eigenvalue weighted by atomic mass is 10.2. The van der Waals surface area contributed by atoms with E-state index in [-0.39, 0.29) is 5.91 Å². The molecule has 88 valence electrons. The summed E-state index contributed by atoms with van der Waals surface area (Å²) in [6.07, 6.45) is 10.1. The minimum Gasteiger partial charge on any atom is -0.349 e. The van der Waals surface area contributed by atoms with E-state index in [9.17, 15) is 4.79 Å². The summed E-state index contributed by atoms with van der Waals surface area (Å²) in [7, 11) is 0. The number of carbonyl (C=O) groups excluding carboxylic acids is 1. The molecule has 0 spiro atoms. The Kier molecular flexibility index (Phi) is 2.55. The summed E-state index contributed by atoms with van der Waals surface area (Å²) in [4.78, 5) is 16.2. The third kappa shape index (κ3) is 2.02. The van der Waals surface area contributed by atoms with Crippen LogP contribution in [0.5, 0.6) is 0 Å². The molecular formula is C13H15N3O. The van der Waals surface area contributed by atoms with Crippen LogP contribution in [0.3, 0.4) is 0 Å². The van der Waals surface area contributed by atoms with Crippen molar-refractivity contribution in [1.82, 2.24) is 14.7 Å². The van der Waals surface area contributed by atoms with Gasteiger partial charge < -0.3 is 9.72 Å². The highest BCUT2D eigenvalue weighted by molar-refractivity contribution is 5.94. The lowest BCUT2D eigenvalue weighted by molar-refractivity contribution is 0.0937. The number of nitrogens with one attached hydrogen (secondary N) is 1. The van der Waals surface area contributed by atoms with Gasteiger partial charge in [-0.05, 0) is 25.0 Å². The number of hydrogen-bond donors (Lipinski definition) is 1. The maximum absolute atomic E-state index is 12.0. The van der Waals surface area contributed by atoms with Crippen molar-refractivity contribution in [3.8, 4) is 0 Å². The molecule has 0 unspecified atom stereocenters. The Morgan fingerprint density at radius 2 is 2.18 bits per heavy atom. The minimum absolute atomic E-state index is 0.0208. The molecule has 0 atom stereocenters. The number of imidazole rings is 1. The number of nitrogens with zero attached hydrogens (tertiary/aromatic N) is 2. The molecule has 1 aliphatic carbocycles. The molecule has 4 nitrogen and oxygen atoms in total. The molecule has 1 N–H and O–H groups in total. The smallest absolute Gasteiger partial charge is 0.252 e. The van der Waals surface area contributed by atoms with Crippen LogP contribution in [0, 0.1) is 0 Å². The van der Waals surface area contributed by atoms with Crippen LogP contribution in [0.1, 0.15) is 36.0 Å². The minimum atomic E-state index is 0.0208. The van der Waals surface area contributed by atoms with Gasteiger partial charge in [0, 0.05) is 24.6 Å². The van der Waals surface area contributed by atoms with Gasteiger partial charge in [0.1, 0.15) is 5.65 Å². The monoisotopic (exact) mass is 229 g/mol. The van der Waals surface area contributed by atoms with Gasteiger partial charge in [-0.3, -0.25) is 4.79 Å². The van der Waals surface area contributed by atoms with E-state index in [0.29, 0.717) is 11.6 Å². The second-order valence-electron chi connectivity index (χ2n) is 4.57. The molecule has 0 radical (unpaired) electrons. The predicted molar refractivity (Wildman–Crippen MR) is 64.9 cm³/mol. The number of pyridine rings is 1. The molecule has 1 amide bonds. The molecule has 0 aromatic carbocycles. The fourth-order valence-electron chi connectivity index (χ4n) is 2.39. The van der Waals surface area contributed by atoms with Crippen molar-refractivity contribution >= 4 is 11.6 Å². The Morgan fingerprint density at radius 1 is 1.35 bits per heavy atom. The topological polar surface area (TPSA) is 46.4 Å². The molecule has 3 rings (SSSR count). The van der Waals surface area contributed by atoms with Gasteiger partial charge in [-0.1, -0.05) is 12.8 Å². The van der Waals surface area contributed by atoms with Crippen LogP contribution in [-0.2, 0) is 0 Å². The van der Waals surface area contributed by atoms with Crippen molar-refractivity contribution in [2.24, 2.45) is 0 Å². The van der Waals surface area contributed by atoms with Crippen molar-refractivity contribution in [2.45, 2.75) is 31.7 Å². The first-order chi connectivity index (χ1) is 8.33. The highest BCUT2D eigenvalue weighted by Gasteiger charge is 2.18. The highest BCUT2D eigenvalue weighted by atomic mass is 16.1. The number of aromatic nitrogens is 2. The quantitative estimate of drug-likeness (QED) is 0.856. The van der Waals surface area contributed by atoms with Gasteiger partial charge in [-0.15, -0.1) is 0 Å². The first-order valence-corrected chi connectivity index (χ1v) is 6.06. The lowest BCUT2D eigenvalue weighted by Gasteiger charge is -2.11. The fourth-order valence-corrected chi connectivity index (χ4v) is 2.39. The van der Waals surface area contributed by atoms with Crippen LogP contribution in [0.4, 0.5) is 0 Å². The molecule has 1 fully saturated rings. The predicted octanol–water partition coefficient (Wildman–Crippen LogP) is 2.01. The molecule has 1 aliphatic rings. The molecular weight excluding hydrogens is 214 g/mol. The van der Waals surface area contributed by atoms with Crippen LogP contribution in [0.25, 0.3) is 5.65 Å². The average molecular weight is 229 g/mol. The summed E-state index contributed by atoms with van der Waals surface area (Å²) in [6, 6.07) is 4.05. The molecule has 2 heterocycles. The number of hydrogen-bond acceptors (Lipinski definition) is 2. The first kappa shape index (κ1) is 10.3. The zero-order chi connectivity index (χ0) is 11.7. The van der Waals surface area contributed by atoms with Gasteiger partial charge in [0.05, 0.1) is 5.56 Å². The van der Waals surface area contributed by atoms with E-state index in [0.717, 1.165) is 18.5 Å². The number of fused-ring (bicyclic) bond motifs is 1. The summed E-state index contributed by atoms with van der Waals surface area (Å²) >= 11 is 0. The molecule has 4 heteroatoms. The van der Waals surface area contributed by atoms with Gasteiger partial charge in [-0.25, -0.2) is 4.98 Å². The third-order valence-corrected chi connectivity index (χ3v) is 3.34. The van der Waals surface area contributed by atoms with Crippen molar-refractivity contribution in [2.75, 3.05) is 0 Å². The van der Waals surface area contributed by atoms with Crippen LogP contribution in [-0.4, -0.2) is 21.3 Å². The maximum Gasteiger partial charge on any atom is 0.252 e. The van der Waals surface area contributed by atoms with E-state index >= 15 is 0 Å². The van der Waals surface area contributed by atoms with Crippen LogP contribution in [0.2, 0.25) is 0 Å². The summed E-state index contributed by atoms with van der Waals surface area (Å²) in [5, 5.41) is 3.08. The summed E-state index contributed by atoms with van der Waals surface area (Å²) in [5.74, 6) is 0.0208. The van der Waals surface area contributed by atoms with Crippen LogP contribution in [0.15, 0.2) is 30.7 Å². The number of carbonyl (C=O) groups is 1. The molecule has 2 aromatic heterocycles. The van der Waals surface area contributed by atoms with Gasteiger partial charge in [0.2, 0.25) is 0 Å². The van der Waals surface area contributed by atoms with Crippen molar-refractivity contribution < 1.29 is 4.79 Å². The summed E-state index contributed by atoms with van der Waals surface area (Å²) in [6.45, 7) is 0. The SMILES string of the molecule is O=C(NC1CCCC1)c1ccc2nccn2c1. The largest absolute Gasteiger partial charge is 0.349 e. The zero-order valence-electron chi connectivity index (χ0n) is 9.60. The van der Waals surface area contributed by atoms with E-state index in [2.05, 4.69) is 10.3 Å². The maximum atomic E-state index is 12.0. The molecule has 0 bridgehead atoms.